The van der Waals surface area contributed by atoms with Crippen molar-refractivity contribution in [2.75, 3.05) is 6.61 Å². The maximum atomic E-state index is 10.3. The Balaban J connectivity index is 2.87. The summed E-state index contributed by atoms with van der Waals surface area (Å²) in [7, 11) is 0. The Morgan fingerprint density at radius 2 is 1.79 bits per heavy atom. The molecule has 0 aliphatic heterocycles. The minimum atomic E-state index is -1.00. The summed E-state index contributed by atoms with van der Waals surface area (Å²) in [6, 6.07) is 3.47. The molecule has 0 radical (unpaired) electrons. The molecule has 0 spiro atoms. The Kier molecular flexibility index (Phi) is 4.40. The first-order chi connectivity index (χ1) is 6.50. The minimum absolute atomic E-state index is 0.354. The maximum Gasteiger partial charge on any atom is 0.341 e. The van der Waals surface area contributed by atoms with Crippen LogP contribution in [0.2, 0.25) is 0 Å². The Labute approximate surface area is 106 Å². The van der Waals surface area contributed by atoms with Crippen LogP contribution in [0.25, 0.3) is 0 Å². The molecule has 0 aliphatic carbocycles. The molecule has 0 saturated heterocycles. The summed E-state index contributed by atoms with van der Waals surface area (Å²) in [5.41, 5.74) is 0. The van der Waals surface area contributed by atoms with Crippen molar-refractivity contribution in [3.8, 4) is 5.75 Å². The SMILES string of the molecule is O=C(O)COc1cc(Br)c(Br)cc1Br. The van der Waals surface area contributed by atoms with Crippen LogP contribution in [0.4, 0.5) is 0 Å². The highest BCUT2D eigenvalue weighted by molar-refractivity contribution is 9.13. The van der Waals surface area contributed by atoms with Gasteiger partial charge in [0.2, 0.25) is 0 Å². The molecule has 0 heterocycles. The Morgan fingerprint density at radius 3 is 2.36 bits per heavy atom. The highest BCUT2D eigenvalue weighted by atomic mass is 79.9. The van der Waals surface area contributed by atoms with Crippen molar-refractivity contribution in [1.29, 1.82) is 0 Å². The summed E-state index contributed by atoms with van der Waals surface area (Å²) in [6.45, 7) is -0.354. The largest absolute Gasteiger partial charge is 0.481 e. The van der Waals surface area contributed by atoms with Crippen molar-refractivity contribution in [3.63, 3.8) is 0 Å². The summed E-state index contributed by atoms with van der Waals surface area (Å²) in [6.07, 6.45) is 0. The molecule has 1 aromatic carbocycles. The van der Waals surface area contributed by atoms with Crippen LogP contribution < -0.4 is 4.74 Å². The van der Waals surface area contributed by atoms with E-state index in [-0.39, 0.29) is 6.61 Å². The number of ether oxygens (including phenoxy) is 1. The van der Waals surface area contributed by atoms with Crippen molar-refractivity contribution < 1.29 is 14.6 Å². The topological polar surface area (TPSA) is 46.5 Å². The summed E-state index contributed by atoms with van der Waals surface area (Å²) < 4.78 is 7.41. The van der Waals surface area contributed by atoms with Gasteiger partial charge in [0.1, 0.15) is 5.75 Å². The molecule has 0 saturated carbocycles. The molecular formula is C8H5Br3O3. The van der Waals surface area contributed by atoms with E-state index in [2.05, 4.69) is 47.8 Å². The average molecular weight is 389 g/mol. The number of carboxylic acids is 1. The average Bonchev–Trinajstić information content (AvgIpc) is 2.09. The van der Waals surface area contributed by atoms with Crippen molar-refractivity contribution in [2.45, 2.75) is 0 Å². The third kappa shape index (κ3) is 3.25. The molecule has 1 N–H and O–H groups in total. The van der Waals surface area contributed by atoms with Gasteiger partial charge in [-0.3, -0.25) is 0 Å². The van der Waals surface area contributed by atoms with E-state index >= 15 is 0 Å². The van der Waals surface area contributed by atoms with E-state index in [0.29, 0.717) is 10.2 Å². The smallest absolute Gasteiger partial charge is 0.341 e. The minimum Gasteiger partial charge on any atom is -0.481 e. The van der Waals surface area contributed by atoms with Crippen molar-refractivity contribution >= 4 is 53.8 Å². The van der Waals surface area contributed by atoms with Gasteiger partial charge < -0.3 is 9.84 Å². The summed E-state index contributed by atoms with van der Waals surface area (Å²) in [4.78, 5) is 10.3. The molecule has 0 unspecified atom stereocenters. The first-order valence-electron chi connectivity index (χ1n) is 3.50. The molecule has 0 aromatic heterocycles. The lowest BCUT2D eigenvalue weighted by atomic mass is 10.3. The molecule has 0 atom stereocenters. The molecule has 0 aliphatic rings. The van der Waals surface area contributed by atoms with Crippen molar-refractivity contribution in [3.05, 3.63) is 25.6 Å². The second-order valence-electron chi connectivity index (χ2n) is 2.38. The van der Waals surface area contributed by atoms with Crippen LogP contribution in [0.1, 0.15) is 0 Å². The molecule has 0 fully saturated rings. The third-order valence-corrected chi connectivity index (χ3v) is 3.79. The van der Waals surface area contributed by atoms with Crippen LogP contribution in [0.5, 0.6) is 5.75 Å². The number of rotatable bonds is 3. The second kappa shape index (κ2) is 5.14. The van der Waals surface area contributed by atoms with Gasteiger partial charge in [0.25, 0.3) is 0 Å². The van der Waals surface area contributed by atoms with E-state index < -0.39 is 5.97 Å². The van der Waals surface area contributed by atoms with E-state index in [9.17, 15) is 4.79 Å². The second-order valence-corrected chi connectivity index (χ2v) is 4.94. The molecule has 1 rings (SSSR count). The fourth-order valence-corrected chi connectivity index (χ4v) is 2.19. The lowest BCUT2D eigenvalue weighted by Gasteiger charge is -2.07. The number of hydrogen-bond acceptors (Lipinski definition) is 2. The fourth-order valence-electron chi connectivity index (χ4n) is 0.754. The van der Waals surface area contributed by atoms with Gasteiger partial charge in [-0.1, -0.05) is 0 Å². The Morgan fingerprint density at radius 1 is 1.21 bits per heavy atom. The Hall–Kier alpha value is -0.0700. The molecule has 1 aromatic rings. The third-order valence-electron chi connectivity index (χ3n) is 1.33. The zero-order valence-corrected chi connectivity index (χ0v) is 11.5. The van der Waals surface area contributed by atoms with Gasteiger partial charge in [0.15, 0.2) is 6.61 Å². The highest BCUT2D eigenvalue weighted by Gasteiger charge is 2.07. The normalized spacial score (nSPS) is 9.93. The number of benzene rings is 1. The molecule has 0 bridgehead atoms. The summed E-state index contributed by atoms with van der Waals surface area (Å²) in [5, 5.41) is 8.43. The van der Waals surface area contributed by atoms with Gasteiger partial charge in [-0.05, 0) is 59.9 Å². The summed E-state index contributed by atoms with van der Waals surface area (Å²) in [5.74, 6) is -0.515. The fraction of sp³-hybridized carbons (Fsp3) is 0.125. The number of halogens is 3. The molecule has 6 heteroatoms. The van der Waals surface area contributed by atoms with Crippen LogP contribution in [0, 0.1) is 0 Å². The highest BCUT2D eigenvalue weighted by Crippen LogP contribution is 2.34. The monoisotopic (exact) mass is 386 g/mol. The van der Waals surface area contributed by atoms with E-state index in [0.717, 1.165) is 8.95 Å². The zero-order valence-electron chi connectivity index (χ0n) is 6.76. The lowest BCUT2D eigenvalue weighted by Crippen LogP contribution is -2.09. The molecule has 0 amide bonds. The predicted octanol–water partition coefficient (Wildman–Crippen LogP) is 3.44. The van der Waals surface area contributed by atoms with Crippen LogP contribution in [0.15, 0.2) is 25.6 Å². The molecule has 3 nitrogen and oxygen atoms in total. The molecular weight excluding hydrogens is 384 g/mol. The van der Waals surface area contributed by atoms with Gasteiger partial charge in [-0.15, -0.1) is 0 Å². The quantitative estimate of drug-likeness (QED) is 0.807. The number of aliphatic carboxylic acids is 1. The van der Waals surface area contributed by atoms with Gasteiger partial charge in [0, 0.05) is 8.95 Å². The van der Waals surface area contributed by atoms with Crippen molar-refractivity contribution in [2.24, 2.45) is 0 Å². The van der Waals surface area contributed by atoms with Crippen LogP contribution in [-0.2, 0) is 4.79 Å². The standard InChI is InChI=1S/C8H5Br3O3/c9-4-1-6(11)7(2-5(4)10)14-3-8(12)13/h1-2H,3H2,(H,12,13). The molecule has 76 valence electrons. The number of carbonyl (C=O) groups is 1. The van der Waals surface area contributed by atoms with E-state index in [1.54, 1.807) is 12.1 Å². The number of carboxylic acid groups (broad SMARTS) is 1. The van der Waals surface area contributed by atoms with Gasteiger partial charge in [0.05, 0.1) is 4.47 Å². The first kappa shape index (κ1) is 12.0. The van der Waals surface area contributed by atoms with E-state index in [4.69, 9.17) is 9.84 Å². The van der Waals surface area contributed by atoms with Crippen LogP contribution >= 0.6 is 47.8 Å². The summed E-state index contributed by atoms with van der Waals surface area (Å²) >= 11 is 9.87. The van der Waals surface area contributed by atoms with Crippen molar-refractivity contribution in [1.82, 2.24) is 0 Å². The van der Waals surface area contributed by atoms with Crippen LogP contribution in [-0.4, -0.2) is 17.7 Å². The lowest BCUT2D eigenvalue weighted by molar-refractivity contribution is -0.139. The van der Waals surface area contributed by atoms with E-state index in [1.807, 2.05) is 0 Å². The Bertz CT molecular complexity index is 365. The molecule has 14 heavy (non-hydrogen) atoms. The predicted molar refractivity (Wildman–Crippen MR) is 62.7 cm³/mol. The van der Waals surface area contributed by atoms with Gasteiger partial charge in [-0.25, -0.2) is 4.79 Å². The van der Waals surface area contributed by atoms with Crippen LogP contribution in [0.3, 0.4) is 0 Å². The maximum absolute atomic E-state index is 10.3. The van der Waals surface area contributed by atoms with Gasteiger partial charge >= 0.3 is 5.97 Å². The van der Waals surface area contributed by atoms with E-state index in [1.165, 1.54) is 0 Å². The van der Waals surface area contributed by atoms with Gasteiger partial charge in [-0.2, -0.15) is 0 Å². The first-order valence-corrected chi connectivity index (χ1v) is 5.87. The zero-order chi connectivity index (χ0) is 10.7. The number of hydrogen-bond donors (Lipinski definition) is 1.